The quantitative estimate of drug-likeness (QED) is 0.475. The van der Waals surface area contributed by atoms with Crippen LogP contribution in [0.5, 0.6) is 17.4 Å². The summed E-state index contributed by atoms with van der Waals surface area (Å²) >= 11 is 6.10. The lowest BCUT2D eigenvalue weighted by Gasteiger charge is -2.06. The number of nitrogens with zero attached hydrogens (tertiary/aromatic N) is 4. The molecule has 2 aromatic carbocycles. The molecule has 0 saturated carbocycles. The number of nitrogens with one attached hydrogen (secondary N) is 1. The number of ether oxygens (including phenoxy) is 2. The fourth-order valence-corrected chi connectivity index (χ4v) is 3.11. The molecule has 4 rings (SSSR count). The summed E-state index contributed by atoms with van der Waals surface area (Å²) in [4.78, 5) is 29.2. The number of carbonyl (C=O) groups excluding carboxylic acids is 1. The smallest absolute Gasteiger partial charge is 0.351 e. The van der Waals surface area contributed by atoms with E-state index in [1.54, 1.807) is 37.4 Å². The molecular weight excluding hydrogens is 422 g/mol. The van der Waals surface area contributed by atoms with Crippen molar-refractivity contribution in [2.24, 2.45) is 0 Å². The number of aromatic nitrogens is 4. The fraction of sp³-hybridized carbons (Fsp3) is 0.143. The van der Waals surface area contributed by atoms with Crippen molar-refractivity contribution in [1.29, 1.82) is 0 Å². The molecule has 1 amide bonds. The molecule has 4 aromatic rings. The lowest BCUT2D eigenvalue weighted by molar-refractivity contribution is -0.122. The van der Waals surface area contributed by atoms with E-state index < -0.39 is 5.69 Å². The van der Waals surface area contributed by atoms with Gasteiger partial charge in [-0.3, -0.25) is 4.79 Å². The number of hydrogen-bond donors (Lipinski definition) is 1. The Hall–Kier alpha value is -3.85. The molecule has 2 aromatic heterocycles. The van der Waals surface area contributed by atoms with Crippen molar-refractivity contribution in [1.82, 2.24) is 24.5 Å². The number of carbonyl (C=O) groups is 1. The van der Waals surface area contributed by atoms with Crippen LogP contribution in [0.2, 0.25) is 5.02 Å². The Balaban J connectivity index is 1.53. The highest BCUT2D eigenvalue weighted by Crippen LogP contribution is 2.25. The monoisotopic (exact) mass is 439 g/mol. The van der Waals surface area contributed by atoms with Crippen LogP contribution >= 0.6 is 11.6 Å². The van der Waals surface area contributed by atoms with E-state index in [1.165, 1.54) is 16.8 Å². The van der Waals surface area contributed by atoms with E-state index >= 15 is 0 Å². The van der Waals surface area contributed by atoms with Crippen molar-refractivity contribution < 1.29 is 14.3 Å². The predicted molar refractivity (Wildman–Crippen MR) is 114 cm³/mol. The van der Waals surface area contributed by atoms with Gasteiger partial charge >= 0.3 is 5.69 Å². The number of methoxy groups -OCH3 is 1. The summed E-state index contributed by atoms with van der Waals surface area (Å²) in [5.74, 6) is 0.832. The average Bonchev–Trinajstić information content (AvgIpc) is 3.10. The van der Waals surface area contributed by atoms with Crippen LogP contribution in [0.4, 0.5) is 0 Å². The number of rotatable bonds is 7. The molecule has 31 heavy (non-hydrogen) atoms. The van der Waals surface area contributed by atoms with Crippen LogP contribution in [0.1, 0.15) is 5.56 Å². The van der Waals surface area contributed by atoms with Gasteiger partial charge in [0.25, 0.3) is 5.88 Å². The first-order chi connectivity index (χ1) is 15.0. The van der Waals surface area contributed by atoms with Crippen molar-refractivity contribution in [2.45, 2.75) is 13.1 Å². The zero-order valence-electron chi connectivity index (χ0n) is 16.5. The molecular formula is C21H18ClN5O4. The minimum absolute atomic E-state index is 0.128. The van der Waals surface area contributed by atoms with Crippen molar-refractivity contribution >= 4 is 23.2 Å². The molecule has 0 aliphatic carbocycles. The summed E-state index contributed by atoms with van der Waals surface area (Å²) in [7, 11) is 1.55. The maximum absolute atomic E-state index is 12.7. The minimum Gasteiger partial charge on any atom is -0.497 e. The minimum atomic E-state index is -0.485. The maximum Gasteiger partial charge on any atom is 0.351 e. The molecule has 0 fully saturated rings. The van der Waals surface area contributed by atoms with E-state index in [0.717, 1.165) is 10.2 Å². The van der Waals surface area contributed by atoms with E-state index in [9.17, 15) is 9.59 Å². The van der Waals surface area contributed by atoms with Gasteiger partial charge in [-0.25, -0.2) is 18.9 Å². The first-order valence-electron chi connectivity index (χ1n) is 9.31. The second kappa shape index (κ2) is 8.88. The van der Waals surface area contributed by atoms with Crippen LogP contribution in [0.3, 0.4) is 0 Å². The summed E-state index contributed by atoms with van der Waals surface area (Å²) in [6, 6.07) is 14.1. The number of fused-ring (bicyclic) bond motifs is 1. The van der Waals surface area contributed by atoms with Gasteiger partial charge in [-0.2, -0.15) is 0 Å². The van der Waals surface area contributed by atoms with Gasteiger partial charge in [0.2, 0.25) is 11.6 Å². The molecule has 0 radical (unpaired) electrons. The normalized spacial score (nSPS) is 10.8. The SMILES string of the molecule is COc1cccc(Oc2nccn3c(=O)n(CC(=O)NCc4ccccc4Cl)nc23)c1. The maximum atomic E-state index is 12.7. The van der Waals surface area contributed by atoms with Gasteiger partial charge in [0.15, 0.2) is 0 Å². The second-order valence-corrected chi connectivity index (χ2v) is 6.92. The first-order valence-corrected chi connectivity index (χ1v) is 9.69. The van der Waals surface area contributed by atoms with Gasteiger partial charge in [0, 0.05) is 30.0 Å². The number of amides is 1. The highest BCUT2D eigenvalue weighted by atomic mass is 35.5. The van der Waals surface area contributed by atoms with Crippen molar-refractivity contribution in [3.8, 4) is 17.4 Å². The van der Waals surface area contributed by atoms with Crippen LogP contribution in [0, 0.1) is 0 Å². The summed E-state index contributed by atoms with van der Waals surface area (Å²) < 4.78 is 13.3. The molecule has 0 spiro atoms. The third kappa shape index (κ3) is 4.51. The Morgan fingerprint density at radius 2 is 1.97 bits per heavy atom. The number of benzene rings is 2. The summed E-state index contributed by atoms with van der Waals surface area (Å²) in [6.45, 7) is -0.0179. The van der Waals surface area contributed by atoms with Crippen molar-refractivity contribution in [3.63, 3.8) is 0 Å². The molecule has 0 aliphatic rings. The average molecular weight is 440 g/mol. The molecule has 0 saturated heterocycles. The molecule has 2 heterocycles. The molecule has 0 bridgehead atoms. The summed E-state index contributed by atoms with van der Waals surface area (Å²) in [5.41, 5.74) is 0.480. The van der Waals surface area contributed by atoms with Crippen LogP contribution < -0.4 is 20.5 Å². The van der Waals surface area contributed by atoms with E-state index in [4.69, 9.17) is 21.1 Å². The Morgan fingerprint density at radius 3 is 2.77 bits per heavy atom. The Morgan fingerprint density at radius 1 is 1.16 bits per heavy atom. The zero-order chi connectivity index (χ0) is 21.8. The number of hydrogen-bond acceptors (Lipinski definition) is 6. The third-order valence-corrected chi connectivity index (χ3v) is 4.82. The topological polar surface area (TPSA) is 99.8 Å². The van der Waals surface area contributed by atoms with Crippen LogP contribution in [-0.4, -0.2) is 32.2 Å². The Labute approximate surface area is 181 Å². The Bertz CT molecular complexity index is 1300. The largest absolute Gasteiger partial charge is 0.497 e. The summed E-state index contributed by atoms with van der Waals surface area (Å²) in [5, 5.41) is 7.51. The molecule has 0 unspecified atom stereocenters. The first kappa shape index (κ1) is 20.4. The lowest BCUT2D eigenvalue weighted by atomic mass is 10.2. The molecule has 10 heteroatoms. The molecule has 1 N–H and O–H groups in total. The van der Waals surface area contributed by atoms with E-state index in [0.29, 0.717) is 16.5 Å². The van der Waals surface area contributed by atoms with Gasteiger partial charge in [0.1, 0.15) is 18.0 Å². The second-order valence-electron chi connectivity index (χ2n) is 6.52. The highest BCUT2D eigenvalue weighted by Gasteiger charge is 2.16. The number of halogens is 1. The standard InChI is InChI=1S/C21H18ClN5O4/c1-30-15-6-4-7-16(11-15)31-20-19-25-27(21(29)26(19)10-9-23-20)13-18(28)24-12-14-5-2-3-8-17(14)22/h2-11H,12-13H2,1H3,(H,24,28). The van der Waals surface area contributed by atoms with Gasteiger partial charge in [-0.1, -0.05) is 35.9 Å². The van der Waals surface area contributed by atoms with E-state index in [2.05, 4.69) is 15.4 Å². The van der Waals surface area contributed by atoms with Crippen LogP contribution in [0.15, 0.2) is 65.7 Å². The van der Waals surface area contributed by atoms with Crippen LogP contribution in [0.25, 0.3) is 5.65 Å². The van der Waals surface area contributed by atoms with E-state index in [1.807, 2.05) is 18.2 Å². The van der Waals surface area contributed by atoms with Crippen LogP contribution in [-0.2, 0) is 17.9 Å². The molecule has 0 aliphatic heterocycles. The zero-order valence-corrected chi connectivity index (χ0v) is 17.2. The van der Waals surface area contributed by atoms with Gasteiger partial charge in [-0.15, -0.1) is 5.10 Å². The van der Waals surface area contributed by atoms with E-state index in [-0.39, 0.29) is 30.5 Å². The predicted octanol–water partition coefficient (Wildman–Crippen LogP) is 2.66. The highest BCUT2D eigenvalue weighted by molar-refractivity contribution is 6.31. The van der Waals surface area contributed by atoms with Gasteiger partial charge in [0.05, 0.1) is 7.11 Å². The summed E-state index contributed by atoms with van der Waals surface area (Å²) in [6.07, 6.45) is 2.88. The lowest BCUT2D eigenvalue weighted by Crippen LogP contribution is -2.32. The van der Waals surface area contributed by atoms with Crippen molar-refractivity contribution in [2.75, 3.05) is 7.11 Å². The molecule has 158 valence electrons. The molecule has 0 atom stereocenters. The van der Waals surface area contributed by atoms with Gasteiger partial charge in [-0.05, 0) is 23.8 Å². The third-order valence-electron chi connectivity index (χ3n) is 4.45. The van der Waals surface area contributed by atoms with Crippen molar-refractivity contribution in [3.05, 3.63) is 82.0 Å². The van der Waals surface area contributed by atoms with Gasteiger partial charge < -0.3 is 14.8 Å². The Kier molecular flexibility index (Phi) is 5.85. The molecule has 9 nitrogen and oxygen atoms in total. The fourth-order valence-electron chi connectivity index (χ4n) is 2.90.